The molecular weight excluding hydrogens is 272 g/mol. The molecule has 2 heterocycles. The summed E-state index contributed by atoms with van der Waals surface area (Å²) in [4.78, 5) is 12.3. The summed E-state index contributed by atoms with van der Waals surface area (Å²) in [5.74, 6) is 1.44. The second-order valence-corrected chi connectivity index (χ2v) is 4.69. The number of rotatable bonds is 3. The number of hydrogen-bond acceptors (Lipinski definition) is 5. The van der Waals surface area contributed by atoms with Crippen molar-refractivity contribution in [2.75, 3.05) is 18.5 Å². The van der Waals surface area contributed by atoms with E-state index in [1.165, 1.54) is 0 Å². The van der Waals surface area contributed by atoms with E-state index in [4.69, 9.17) is 15.2 Å². The molecule has 1 aliphatic heterocycles. The third-order valence-electron chi connectivity index (χ3n) is 3.16. The monoisotopic (exact) mass is 288 g/mol. The number of anilines is 1. The minimum atomic E-state index is -0.264. The largest absolute Gasteiger partial charge is 0.486 e. The summed E-state index contributed by atoms with van der Waals surface area (Å²) in [6.45, 7) is 1.31. The molecule has 0 aliphatic carbocycles. The van der Waals surface area contributed by atoms with Gasteiger partial charge in [-0.25, -0.2) is 0 Å². The van der Waals surface area contributed by atoms with Crippen LogP contribution in [0.15, 0.2) is 24.4 Å². The second-order valence-electron chi connectivity index (χ2n) is 4.69. The van der Waals surface area contributed by atoms with Crippen LogP contribution in [-0.2, 0) is 13.6 Å². The predicted octanol–water partition coefficient (Wildman–Crippen LogP) is 0.902. The number of nitrogens with zero attached hydrogens (tertiary/aromatic N) is 2. The number of hydrogen-bond donors (Lipinski definition) is 2. The highest BCUT2D eigenvalue weighted by molar-refractivity contribution is 6.04. The highest BCUT2D eigenvalue weighted by Gasteiger charge is 2.16. The van der Waals surface area contributed by atoms with Crippen LogP contribution < -0.4 is 20.5 Å². The number of ether oxygens (including phenoxy) is 2. The van der Waals surface area contributed by atoms with E-state index in [9.17, 15) is 4.79 Å². The van der Waals surface area contributed by atoms with Crippen LogP contribution in [0.25, 0.3) is 0 Å². The van der Waals surface area contributed by atoms with Crippen LogP contribution in [-0.4, -0.2) is 28.9 Å². The minimum absolute atomic E-state index is 0.264. The maximum absolute atomic E-state index is 12.3. The molecule has 0 radical (unpaired) electrons. The first-order chi connectivity index (χ1) is 10.2. The van der Waals surface area contributed by atoms with Gasteiger partial charge in [0.1, 0.15) is 13.2 Å². The molecule has 0 unspecified atom stereocenters. The molecule has 1 aromatic heterocycles. The van der Waals surface area contributed by atoms with Crippen molar-refractivity contribution in [1.29, 1.82) is 0 Å². The first kappa shape index (κ1) is 13.4. The maximum atomic E-state index is 12.3. The van der Waals surface area contributed by atoms with Gasteiger partial charge in [0.05, 0.1) is 0 Å². The van der Waals surface area contributed by atoms with E-state index in [1.54, 1.807) is 36.1 Å². The minimum Gasteiger partial charge on any atom is -0.486 e. The third kappa shape index (κ3) is 2.68. The molecule has 7 heteroatoms. The maximum Gasteiger partial charge on any atom is 0.257 e. The Morgan fingerprint density at radius 1 is 1.38 bits per heavy atom. The normalized spacial score (nSPS) is 13.0. The van der Waals surface area contributed by atoms with E-state index in [0.717, 1.165) is 5.56 Å². The molecule has 0 atom stereocenters. The molecule has 0 bridgehead atoms. The molecule has 21 heavy (non-hydrogen) atoms. The standard InChI is InChI=1S/C14H16N4O3/c1-18-8-10(7-15)13(17-18)16-14(19)9-2-3-11-12(6-9)21-5-4-20-11/h2-3,6,8H,4-5,7,15H2,1H3,(H,16,17,19). The van der Waals surface area contributed by atoms with Gasteiger partial charge in [-0.1, -0.05) is 0 Å². The number of fused-ring (bicyclic) bond motifs is 1. The lowest BCUT2D eigenvalue weighted by molar-refractivity contribution is 0.102. The number of carbonyl (C=O) groups excluding carboxylic acids is 1. The van der Waals surface area contributed by atoms with Crippen LogP contribution in [0.5, 0.6) is 11.5 Å². The van der Waals surface area contributed by atoms with Crippen molar-refractivity contribution in [3.05, 3.63) is 35.5 Å². The van der Waals surface area contributed by atoms with Gasteiger partial charge in [0.15, 0.2) is 17.3 Å². The van der Waals surface area contributed by atoms with E-state index in [2.05, 4.69) is 10.4 Å². The van der Waals surface area contributed by atoms with Gasteiger partial charge in [-0.2, -0.15) is 5.10 Å². The van der Waals surface area contributed by atoms with Gasteiger partial charge in [0, 0.05) is 30.9 Å². The highest BCUT2D eigenvalue weighted by atomic mass is 16.6. The highest BCUT2D eigenvalue weighted by Crippen LogP contribution is 2.31. The van der Waals surface area contributed by atoms with Crippen LogP contribution in [0.4, 0.5) is 5.82 Å². The molecule has 0 saturated carbocycles. The van der Waals surface area contributed by atoms with Gasteiger partial charge in [-0.15, -0.1) is 0 Å². The average Bonchev–Trinajstić information content (AvgIpc) is 2.86. The van der Waals surface area contributed by atoms with Gasteiger partial charge in [0.25, 0.3) is 5.91 Å². The SMILES string of the molecule is Cn1cc(CN)c(NC(=O)c2ccc3c(c2)OCCO3)n1. The lowest BCUT2D eigenvalue weighted by Crippen LogP contribution is -2.18. The summed E-state index contributed by atoms with van der Waals surface area (Å²) < 4.78 is 12.5. The summed E-state index contributed by atoms with van der Waals surface area (Å²) in [6.07, 6.45) is 1.78. The fourth-order valence-electron chi connectivity index (χ4n) is 2.16. The first-order valence-corrected chi connectivity index (χ1v) is 6.61. The molecule has 3 N–H and O–H groups in total. The van der Waals surface area contributed by atoms with Crippen LogP contribution in [0, 0.1) is 0 Å². The Kier molecular flexibility index (Phi) is 3.49. The smallest absolute Gasteiger partial charge is 0.257 e. The number of amides is 1. The number of aryl methyl sites for hydroxylation is 1. The number of nitrogens with one attached hydrogen (secondary N) is 1. The van der Waals surface area contributed by atoms with Crippen molar-refractivity contribution in [3.63, 3.8) is 0 Å². The quantitative estimate of drug-likeness (QED) is 0.875. The van der Waals surface area contributed by atoms with E-state index in [0.29, 0.717) is 42.6 Å². The van der Waals surface area contributed by atoms with Gasteiger partial charge in [-0.05, 0) is 18.2 Å². The topological polar surface area (TPSA) is 91.4 Å². The van der Waals surface area contributed by atoms with Crippen molar-refractivity contribution in [1.82, 2.24) is 9.78 Å². The molecule has 2 aromatic rings. The van der Waals surface area contributed by atoms with Gasteiger partial charge < -0.3 is 20.5 Å². The summed E-state index contributed by atoms with van der Waals surface area (Å²) >= 11 is 0. The molecule has 1 aliphatic rings. The van der Waals surface area contributed by atoms with E-state index in [-0.39, 0.29) is 5.91 Å². The summed E-state index contributed by atoms with van der Waals surface area (Å²) in [5.41, 5.74) is 6.89. The molecule has 1 amide bonds. The zero-order valence-corrected chi connectivity index (χ0v) is 11.6. The molecule has 0 fully saturated rings. The van der Waals surface area contributed by atoms with Crippen molar-refractivity contribution in [3.8, 4) is 11.5 Å². The zero-order valence-electron chi connectivity index (χ0n) is 11.6. The Morgan fingerprint density at radius 2 is 2.14 bits per heavy atom. The Labute approximate surface area is 121 Å². The second kappa shape index (κ2) is 5.45. The van der Waals surface area contributed by atoms with E-state index < -0.39 is 0 Å². The Morgan fingerprint density at radius 3 is 2.90 bits per heavy atom. The Balaban J connectivity index is 1.82. The molecule has 1 aromatic carbocycles. The lowest BCUT2D eigenvalue weighted by Gasteiger charge is -2.18. The average molecular weight is 288 g/mol. The third-order valence-corrected chi connectivity index (χ3v) is 3.16. The van der Waals surface area contributed by atoms with E-state index in [1.807, 2.05) is 0 Å². The van der Waals surface area contributed by atoms with Crippen LogP contribution in [0.3, 0.4) is 0 Å². The molecular formula is C14H16N4O3. The van der Waals surface area contributed by atoms with Crippen molar-refractivity contribution in [2.45, 2.75) is 6.54 Å². The number of nitrogens with two attached hydrogens (primary N) is 1. The molecule has 110 valence electrons. The molecule has 3 rings (SSSR count). The molecule has 7 nitrogen and oxygen atoms in total. The first-order valence-electron chi connectivity index (χ1n) is 6.61. The van der Waals surface area contributed by atoms with Crippen molar-refractivity contribution < 1.29 is 14.3 Å². The number of benzene rings is 1. The van der Waals surface area contributed by atoms with Crippen LogP contribution in [0.1, 0.15) is 15.9 Å². The summed E-state index contributed by atoms with van der Waals surface area (Å²) in [5, 5.41) is 6.94. The zero-order chi connectivity index (χ0) is 14.8. The fourth-order valence-corrected chi connectivity index (χ4v) is 2.16. The Hall–Kier alpha value is -2.54. The molecule has 0 spiro atoms. The number of aromatic nitrogens is 2. The predicted molar refractivity (Wildman–Crippen MR) is 76.5 cm³/mol. The molecule has 0 saturated heterocycles. The summed E-state index contributed by atoms with van der Waals surface area (Å²) in [6, 6.07) is 5.08. The summed E-state index contributed by atoms with van der Waals surface area (Å²) in [7, 11) is 1.78. The van der Waals surface area contributed by atoms with Crippen LogP contribution in [0.2, 0.25) is 0 Å². The van der Waals surface area contributed by atoms with Crippen molar-refractivity contribution >= 4 is 11.7 Å². The van der Waals surface area contributed by atoms with Gasteiger partial charge in [0.2, 0.25) is 0 Å². The van der Waals surface area contributed by atoms with Gasteiger partial charge in [-0.3, -0.25) is 9.48 Å². The number of carbonyl (C=O) groups is 1. The van der Waals surface area contributed by atoms with E-state index >= 15 is 0 Å². The van der Waals surface area contributed by atoms with Crippen LogP contribution >= 0.6 is 0 Å². The van der Waals surface area contributed by atoms with Gasteiger partial charge >= 0.3 is 0 Å². The Bertz CT molecular complexity index is 681. The van der Waals surface area contributed by atoms with Crippen molar-refractivity contribution in [2.24, 2.45) is 12.8 Å². The fraction of sp³-hybridized carbons (Fsp3) is 0.286. The lowest BCUT2D eigenvalue weighted by atomic mass is 10.1.